The fourth-order valence-electron chi connectivity index (χ4n) is 2.51. The predicted octanol–water partition coefficient (Wildman–Crippen LogP) is 1.87. The van der Waals surface area contributed by atoms with E-state index in [-0.39, 0.29) is 5.91 Å². The third kappa shape index (κ3) is 5.27. The molecule has 0 saturated heterocycles. The van der Waals surface area contributed by atoms with Crippen LogP contribution < -0.4 is 21.1 Å². The van der Waals surface area contributed by atoms with E-state index in [1.54, 1.807) is 7.11 Å². The van der Waals surface area contributed by atoms with Crippen LogP contribution in [0.25, 0.3) is 0 Å². The molecular weight excluding hydrogens is 280 g/mol. The van der Waals surface area contributed by atoms with Gasteiger partial charge in [0.2, 0.25) is 5.91 Å². The Morgan fingerprint density at radius 3 is 2.64 bits per heavy atom. The molecule has 0 unspecified atom stereocenters. The summed E-state index contributed by atoms with van der Waals surface area (Å²) < 4.78 is 5.09. The number of rotatable bonds is 6. The molecule has 1 fully saturated rings. The summed E-state index contributed by atoms with van der Waals surface area (Å²) in [6, 6.07) is 7.74. The van der Waals surface area contributed by atoms with Crippen molar-refractivity contribution in [3.05, 3.63) is 24.3 Å². The molecule has 0 spiro atoms. The van der Waals surface area contributed by atoms with Crippen LogP contribution in [-0.2, 0) is 4.79 Å². The summed E-state index contributed by atoms with van der Waals surface area (Å²) in [5.74, 6) is 1.14. The lowest BCUT2D eigenvalue weighted by atomic mass is 10.2. The third-order valence-electron chi connectivity index (χ3n) is 3.70. The number of methoxy groups -OCH3 is 1. The number of carbonyl (C=O) groups excluding carboxylic acids is 1. The highest BCUT2D eigenvalue weighted by molar-refractivity contribution is 5.92. The number of benzene rings is 1. The van der Waals surface area contributed by atoms with Gasteiger partial charge >= 0.3 is 0 Å². The molecule has 22 heavy (non-hydrogen) atoms. The lowest BCUT2D eigenvalue weighted by molar-refractivity contribution is -0.121. The molecule has 0 bridgehead atoms. The summed E-state index contributed by atoms with van der Waals surface area (Å²) in [7, 11) is 1.62. The van der Waals surface area contributed by atoms with Crippen LogP contribution >= 0.6 is 0 Å². The zero-order valence-corrected chi connectivity index (χ0v) is 13.0. The molecule has 4 N–H and O–H groups in total. The minimum Gasteiger partial charge on any atom is -0.497 e. The van der Waals surface area contributed by atoms with Crippen LogP contribution in [0.5, 0.6) is 5.75 Å². The molecule has 1 aromatic carbocycles. The first-order valence-corrected chi connectivity index (χ1v) is 7.68. The van der Waals surface area contributed by atoms with Crippen LogP contribution in [0, 0.1) is 0 Å². The zero-order chi connectivity index (χ0) is 15.8. The lowest BCUT2D eigenvalue weighted by Crippen LogP contribution is -2.33. The summed E-state index contributed by atoms with van der Waals surface area (Å²) in [5, 5.41) is 6.01. The predicted molar refractivity (Wildman–Crippen MR) is 88.1 cm³/mol. The van der Waals surface area contributed by atoms with Crippen LogP contribution in [0.4, 0.5) is 5.69 Å². The summed E-state index contributed by atoms with van der Waals surface area (Å²) in [6.07, 6.45) is 4.97. The number of nitrogens with two attached hydrogens (primary N) is 1. The molecule has 1 aliphatic rings. The Hall–Kier alpha value is -2.24. The Morgan fingerprint density at radius 2 is 2.00 bits per heavy atom. The average molecular weight is 304 g/mol. The minimum absolute atomic E-state index is 0.0490. The monoisotopic (exact) mass is 304 g/mol. The van der Waals surface area contributed by atoms with Gasteiger partial charge in [0.15, 0.2) is 5.96 Å². The van der Waals surface area contributed by atoms with Gasteiger partial charge in [0.1, 0.15) is 5.75 Å². The van der Waals surface area contributed by atoms with Crippen molar-refractivity contribution >= 4 is 17.6 Å². The van der Waals surface area contributed by atoms with E-state index in [0.29, 0.717) is 25.0 Å². The van der Waals surface area contributed by atoms with Crippen molar-refractivity contribution < 1.29 is 9.53 Å². The van der Waals surface area contributed by atoms with E-state index in [2.05, 4.69) is 15.6 Å². The molecule has 0 radical (unpaired) electrons. The minimum atomic E-state index is 0.0490. The van der Waals surface area contributed by atoms with Crippen LogP contribution in [0.1, 0.15) is 32.1 Å². The van der Waals surface area contributed by atoms with Gasteiger partial charge in [-0.25, -0.2) is 0 Å². The molecule has 120 valence electrons. The van der Waals surface area contributed by atoms with Crippen molar-refractivity contribution in [3.63, 3.8) is 0 Å². The smallest absolute Gasteiger partial charge is 0.222 e. The number of amides is 1. The normalized spacial score (nSPS) is 15.6. The van der Waals surface area contributed by atoms with Crippen molar-refractivity contribution in [2.45, 2.75) is 38.1 Å². The van der Waals surface area contributed by atoms with Crippen LogP contribution in [0.3, 0.4) is 0 Å². The molecule has 1 amide bonds. The largest absolute Gasteiger partial charge is 0.497 e. The number of carbonyl (C=O) groups is 1. The standard InChI is InChI=1S/C16H24N4O2/c1-22-14-8-6-13(7-9-14)20-16(17)18-11-10-15(21)19-12-4-2-3-5-12/h6-9,12H,2-5,10-11H2,1H3,(H,19,21)(H3,17,18,20). The second-order valence-electron chi connectivity index (χ2n) is 5.42. The summed E-state index contributed by atoms with van der Waals surface area (Å²) in [6.45, 7) is 0.382. The Labute approximate surface area is 131 Å². The van der Waals surface area contributed by atoms with E-state index in [0.717, 1.165) is 24.3 Å². The molecule has 1 aliphatic carbocycles. The fourth-order valence-corrected chi connectivity index (χ4v) is 2.51. The summed E-state index contributed by atoms with van der Waals surface area (Å²) in [5.41, 5.74) is 6.63. The van der Waals surface area contributed by atoms with Crippen molar-refractivity contribution in [1.82, 2.24) is 5.32 Å². The van der Waals surface area contributed by atoms with Crippen molar-refractivity contribution in [2.75, 3.05) is 19.0 Å². The van der Waals surface area contributed by atoms with Crippen LogP contribution in [0.15, 0.2) is 29.3 Å². The maximum absolute atomic E-state index is 11.8. The van der Waals surface area contributed by atoms with Crippen LogP contribution in [0.2, 0.25) is 0 Å². The molecule has 0 atom stereocenters. The van der Waals surface area contributed by atoms with E-state index in [1.807, 2.05) is 24.3 Å². The molecular formula is C16H24N4O2. The number of nitrogens with one attached hydrogen (secondary N) is 2. The molecule has 2 rings (SSSR count). The number of anilines is 1. The van der Waals surface area contributed by atoms with E-state index < -0.39 is 0 Å². The Morgan fingerprint density at radius 1 is 1.32 bits per heavy atom. The van der Waals surface area contributed by atoms with Gasteiger partial charge in [0, 0.05) is 18.2 Å². The number of hydrogen-bond acceptors (Lipinski definition) is 3. The van der Waals surface area contributed by atoms with Gasteiger partial charge in [-0.1, -0.05) is 12.8 Å². The van der Waals surface area contributed by atoms with Gasteiger partial charge in [-0.3, -0.25) is 9.79 Å². The third-order valence-corrected chi connectivity index (χ3v) is 3.70. The van der Waals surface area contributed by atoms with Crippen molar-refractivity contribution in [2.24, 2.45) is 10.7 Å². The van der Waals surface area contributed by atoms with E-state index in [4.69, 9.17) is 10.5 Å². The van der Waals surface area contributed by atoms with Gasteiger partial charge in [0.05, 0.1) is 13.7 Å². The molecule has 6 heteroatoms. The topological polar surface area (TPSA) is 88.7 Å². The van der Waals surface area contributed by atoms with Gasteiger partial charge in [-0.05, 0) is 37.1 Å². The number of guanidine groups is 1. The quantitative estimate of drug-likeness (QED) is 0.553. The molecule has 6 nitrogen and oxygen atoms in total. The van der Waals surface area contributed by atoms with E-state index in [1.165, 1.54) is 12.8 Å². The molecule has 1 aromatic rings. The first-order chi connectivity index (χ1) is 10.7. The number of ether oxygens (including phenoxy) is 1. The summed E-state index contributed by atoms with van der Waals surface area (Å²) >= 11 is 0. The van der Waals surface area contributed by atoms with Gasteiger partial charge < -0.3 is 21.1 Å². The van der Waals surface area contributed by atoms with Gasteiger partial charge in [-0.2, -0.15) is 0 Å². The molecule has 0 aromatic heterocycles. The fraction of sp³-hybridized carbons (Fsp3) is 0.500. The Balaban J connectivity index is 1.70. The number of nitrogens with zero attached hydrogens (tertiary/aromatic N) is 1. The molecule has 1 saturated carbocycles. The highest BCUT2D eigenvalue weighted by atomic mass is 16.5. The molecule has 0 heterocycles. The number of hydrogen-bond donors (Lipinski definition) is 3. The second-order valence-corrected chi connectivity index (χ2v) is 5.42. The van der Waals surface area contributed by atoms with E-state index in [9.17, 15) is 4.79 Å². The average Bonchev–Trinajstić information content (AvgIpc) is 3.01. The number of aliphatic imine (C=N–C) groups is 1. The Kier molecular flexibility index (Phi) is 6.06. The summed E-state index contributed by atoms with van der Waals surface area (Å²) in [4.78, 5) is 15.9. The zero-order valence-electron chi connectivity index (χ0n) is 13.0. The highest BCUT2D eigenvalue weighted by Gasteiger charge is 2.16. The Bertz CT molecular complexity index is 507. The first kappa shape index (κ1) is 16.1. The highest BCUT2D eigenvalue weighted by Crippen LogP contribution is 2.17. The SMILES string of the molecule is COc1ccc(NC(N)=NCCC(=O)NC2CCCC2)cc1. The molecule has 0 aliphatic heterocycles. The first-order valence-electron chi connectivity index (χ1n) is 7.68. The van der Waals surface area contributed by atoms with Gasteiger partial charge in [0.25, 0.3) is 0 Å². The van der Waals surface area contributed by atoms with Crippen LogP contribution in [-0.4, -0.2) is 31.6 Å². The van der Waals surface area contributed by atoms with Crippen molar-refractivity contribution in [1.29, 1.82) is 0 Å². The maximum Gasteiger partial charge on any atom is 0.222 e. The van der Waals surface area contributed by atoms with E-state index >= 15 is 0 Å². The van der Waals surface area contributed by atoms with Gasteiger partial charge in [-0.15, -0.1) is 0 Å². The lowest BCUT2D eigenvalue weighted by Gasteiger charge is -2.11. The maximum atomic E-state index is 11.8. The second kappa shape index (κ2) is 8.26. The van der Waals surface area contributed by atoms with Crippen molar-refractivity contribution in [3.8, 4) is 5.75 Å².